The predicted octanol–water partition coefficient (Wildman–Crippen LogP) is 3.65. The van der Waals surface area contributed by atoms with Gasteiger partial charge in [-0.15, -0.1) is 0 Å². The van der Waals surface area contributed by atoms with Crippen LogP contribution in [0.5, 0.6) is 11.5 Å². The number of allylic oxidation sites excluding steroid dienone is 1. The Bertz CT molecular complexity index is 731. The highest BCUT2D eigenvalue weighted by Gasteiger charge is 2.55. The van der Waals surface area contributed by atoms with E-state index in [-0.39, 0.29) is 11.3 Å². The lowest BCUT2D eigenvalue weighted by molar-refractivity contribution is -0.131. The van der Waals surface area contributed by atoms with Gasteiger partial charge in [-0.25, -0.2) is 4.79 Å². The SMILES string of the molecule is COc1cccc(C2(c3cccc(OC)c3)C[C@H]2C=CC(=O)O)c1. The van der Waals surface area contributed by atoms with Crippen LogP contribution in [0.2, 0.25) is 0 Å². The Hall–Kier alpha value is -2.75. The second-order valence-corrected chi connectivity index (χ2v) is 5.94. The second kappa shape index (κ2) is 6.40. The van der Waals surface area contributed by atoms with Crippen LogP contribution >= 0.6 is 0 Å². The summed E-state index contributed by atoms with van der Waals surface area (Å²) in [5, 5.41) is 8.94. The van der Waals surface area contributed by atoms with Gasteiger partial charge in [-0.05, 0) is 47.7 Å². The van der Waals surface area contributed by atoms with E-state index in [4.69, 9.17) is 14.6 Å². The van der Waals surface area contributed by atoms with Crippen LogP contribution in [0.4, 0.5) is 0 Å². The second-order valence-electron chi connectivity index (χ2n) is 5.94. The van der Waals surface area contributed by atoms with Gasteiger partial charge in [0.15, 0.2) is 0 Å². The van der Waals surface area contributed by atoms with Gasteiger partial charge in [-0.3, -0.25) is 0 Å². The fraction of sp³-hybridized carbons (Fsp3) is 0.250. The van der Waals surface area contributed by atoms with E-state index in [1.807, 2.05) is 36.4 Å². The Labute approximate surface area is 141 Å². The maximum Gasteiger partial charge on any atom is 0.327 e. The monoisotopic (exact) mass is 324 g/mol. The van der Waals surface area contributed by atoms with Crippen LogP contribution in [0, 0.1) is 5.92 Å². The molecule has 1 atom stereocenters. The van der Waals surface area contributed by atoms with E-state index in [9.17, 15) is 4.79 Å². The van der Waals surface area contributed by atoms with Crippen molar-refractivity contribution in [3.8, 4) is 11.5 Å². The first-order chi connectivity index (χ1) is 11.6. The molecule has 0 unspecified atom stereocenters. The number of carboxylic acids is 1. The number of aliphatic carboxylic acids is 1. The minimum atomic E-state index is -0.924. The summed E-state index contributed by atoms with van der Waals surface area (Å²) in [5.41, 5.74) is 2.00. The smallest absolute Gasteiger partial charge is 0.327 e. The number of benzene rings is 2. The van der Waals surface area contributed by atoms with Crippen molar-refractivity contribution in [2.75, 3.05) is 14.2 Å². The molecule has 0 aromatic heterocycles. The molecule has 3 rings (SSSR count). The minimum Gasteiger partial charge on any atom is -0.497 e. The molecule has 1 fully saturated rings. The van der Waals surface area contributed by atoms with Crippen molar-refractivity contribution in [2.24, 2.45) is 5.92 Å². The Balaban J connectivity index is 2.07. The molecule has 4 heteroatoms. The molecule has 2 aromatic carbocycles. The molecule has 0 spiro atoms. The third kappa shape index (κ3) is 2.87. The molecule has 0 heterocycles. The molecule has 0 amide bonds. The van der Waals surface area contributed by atoms with Crippen LogP contribution < -0.4 is 9.47 Å². The highest BCUT2D eigenvalue weighted by molar-refractivity contribution is 5.80. The summed E-state index contributed by atoms with van der Waals surface area (Å²) < 4.78 is 10.7. The third-order valence-corrected chi connectivity index (χ3v) is 4.66. The van der Waals surface area contributed by atoms with E-state index in [2.05, 4.69) is 12.1 Å². The zero-order valence-electron chi connectivity index (χ0n) is 13.7. The van der Waals surface area contributed by atoms with Crippen molar-refractivity contribution in [3.63, 3.8) is 0 Å². The van der Waals surface area contributed by atoms with Gasteiger partial charge in [0.2, 0.25) is 0 Å². The summed E-state index contributed by atoms with van der Waals surface area (Å²) in [6.45, 7) is 0. The molecular weight excluding hydrogens is 304 g/mol. The van der Waals surface area contributed by atoms with Crippen molar-refractivity contribution in [3.05, 3.63) is 71.8 Å². The summed E-state index contributed by atoms with van der Waals surface area (Å²) in [6, 6.07) is 15.9. The molecule has 1 aliphatic rings. The lowest BCUT2D eigenvalue weighted by Crippen LogP contribution is -2.12. The molecule has 0 saturated heterocycles. The zero-order chi connectivity index (χ0) is 17.2. The van der Waals surface area contributed by atoms with E-state index in [0.29, 0.717) is 0 Å². The first kappa shape index (κ1) is 16.1. The number of methoxy groups -OCH3 is 2. The Kier molecular flexibility index (Phi) is 4.30. The molecule has 0 bridgehead atoms. The van der Waals surface area contributed by atoms with Gasteiger partial charge in [0.25, 0.3) is 0 Å². The third-order valence-electron chi connectivity index (χ3n) is 4.66. The summed E-state index contributed by atoms with van der Waals surface area (Å²) in [6.07, 6.45) is 3.87. The van der Waals surface area contributed by atoms with E-state index in [1.54, 1.807) is 20.3 Å². The largest absolute Gasteiger partial charge is 0.497 e. The summed E-state index contributed by atoms with van der Waals surface area (Å²) in [5.74, 6) is 0.796. The summed E-state index contributed by atoms with van der Waals surface area (Å²) in [7, 11) is 3.29. The van der Waals surface area contributed by atoms with Gasteiger partial charge < -0.3 is 14.6 Å². The topological polar surface area (TPSA) is 55.8 Å². The molecule has 24 heavy (non-hydrogen) atoms. The molecular formula is C20H20O4. The number of ether oxygens (including phenoxy) is 2. The van der Waals surface area contributed by atoms with E-state index >= 15 is 0 Å². The van der Waals surface area contributed by atoms with E-state index in [1.165, 1.54) is 6.08 Å². The standard InChI is InChI=1S/C20H20O4/c1-23-17-7-3-5-14(11-17)20(13-16(20)9-10-19(21)22)15-6-4-8-18(12-15)24-2/h3-12,16H,13H2,1-2H3,(H,21,22)/t16-/m1/s1. The highest BCUT2D eigenvalue weighted by atomic mass is 16.5. The first-order valence-corrected chi connectivity index (χ1v) is 7.80. The number of hydrogen-bond acceptors (Lipinski definition) is 3. The Morgan fingerprint density at radius 2 is 1.62 bits per heavy atom. The summed E-state index contributed by atoms with van der Waals surface area (Å²) >= 11 is 0. The number of carbonyl (C=O) groups is 1. The van der Waals surface area contributed by atoms with Gasteiger partial charge in [0.05, 0.1) is 14.2 Å². The van der Waals surface area contributed by atoms with Crippen molar-refractivity contribution in [1.29, 1.82) is 0 Å². The van der Waals surface area contributed by atoms with Crippen molar-refractivity contribution < 1.29 is 19.4 Å². The van der Waals surface area contributed by atoms with Gasteiger partial charge in [-0.2, -0.15) is 0 Å². The molecule has 1 saturated carbocycles. The van der Waals surface area contributed by atoms with Crippen LogP contribution in [0.25, 0.3) is 0 Å². The maximum atomic E-state index is 10.9. The normalized spacial score (nSPS) is 18.3. The van der Waals surface area contributed by atoms with Crippen molar-refractivity contribution in [2.45, 2.75) is 11.8 Å². The van der Waals surface area contributed by atoms with Crippen LogP contribution in [0.15, 0.2) is 60.7 Å². The van der Waals surface area contributed by atoms with Crippen molar-refractivity contribution in [1.82, 2.24) is 0 Å². The van der Waals surface area contributed by atoms with E-state index < -0.39 is 5.97 Å². The average molecular weight is 324 g/mol. The van der Waals surface area contributed by atoms with E-state index in [0.717, 1.165) is 29.0 Å². The maximum absolute atomic E-state index is 10.9. The average Bonchev–Trinajstić information content (AvgIpc) is 3.36. The summed E-state index contributed by atoms with van der Waals surface area (Å²) in [4.78, 5) is 10.9. The fourth-order valence-electron chi connectivity index (χ4n) is 3.35. The number of rotatable bonds is 6. The lowest BCUT2D eigenvalue weighted by atomic mass is 9.85. The van der Waals surface area contributed by atoms with Gasteiger partial charge in [-0.1, -0.05) is 30.3 Å². The van der Waals surface area contributed by atoms with Crippen LogP contribution in [-0.2, 0) is 10.2 Å². The number of hydrogen-bond donors (Lipinski definition) is 1. The van der Waals surface area contributed by atoms with Gasteiger partial charge >= 0.3 is 5.97 Å². The molecule has 1 N–H and O–H groups in total. The van der Waals surface area contributed by atoms with Crippen LogP contribution in [0.1, 0.15) is 17.5 Å². The molecule has 0 aliphatic heterocycles. The molecule has 1 aliphatic carbocycles. The minimum absolute atomic E-state index is 0.132. The zero-order valence-corrected chi connectivity index (χ0v) is 13.7. The fourth-order valence-corrected chi connectivity index (χ4v) is 3.35. The lowest BCUT2D eigenvalue weighted by Gasteiger charge is -2.19. The molecule has 124 valence electrons. The Morgan fingerprint density at radius 1 is 1.08 bits per heavy atom. The van der Waals surface area contributed by atoms with Gasteiger partial charge in [0.1, 0.15) is 11.5 Å². The molecule has 4 nitrogen and oxygen atoms in total. The van der Waals surface area contributed by atoms with Crippen LogP contribution in [0.3, 0.4) is 0 Å². The quantitative estimate of drug-likeness (QED) is 0.824. The molecule has 2 aromatic rings. The van der Waals surface area contributed by atoms with Gasteiger partial charge in [0, 0.05) is 11.5 Å². The first-order valence-electron chi connectivity index (χ1n) is 7.80. The highest BCUT2D eigenvalue weighted by Crippen LogP contribution is 2.60. The molecule has 0 radical (unpaired) electrons. The Morgan fingerprint density at radius 3 is 2.08 bits per heavy atom. The predicted molar refractivity (Wildman–Crippen MR) is 91.7 cm³/mol. The van der Waals surface area contributed by atoms with Crippen LogP contribution in [-0.4, -0.2) is 25.3 Å². The van der Waals surface area contributed by atoms with Crippen molar-refractivity contribution >= 4 is 5.97 Å². The number of carboxylic acid groups (broad SMARTS) is 1.